The molecule has 4 rings (SSSR count). The van der Waals surface area contributed by atoms with E-state index in [4.69, 9.17) is 41.7 Å². The highest BCUT2D eigenvalue weighted by Gasteiger charge is 2.61. The molecule has 174 valence electrons. The third-order valence-electron chi connectivity index (χ3n) is 5.03. The van der Waals surface area contributed by atoms with Crippen LogP contribution in [0.1, 0.15) is 11.8 Å². The second-order valence-corrected chi connectivity index (χ2v) is 10.4. The van der Waals surface area contributed by atoms with E-state index in [-0.39, 0.29) is 6.61 Å². The van der Waals surface area contributed by atoms with Crippen LogP contribution in [-0.2, 0) is 32.2 Å². The Bertz CT molecular complexity index is 1200. The van der Waals surface area contributed by atoms with Crippen molar-refractivity contribution in [2.24, 2.45) is 0 Å². The highest BCUT2D eigenvalue weighted by atomic mass is 35.5. The van der Waals surface area contributed by atoms with Gasteiger partial charge in [-0.2, -0.15) is 0 Å². The highest BCUT2D eigenvalue weighted by Crippen LogP contribution is 2.56. The molecule has 0 spiro atoms. The molecule has 0 saturated carbocycles. The smallest absolute Gasteiger partial charge is 0.381 e. The van der Waals surface area contributed by atoms with Crippen LogP contribution in [0.4, 0.5) is 8.78 Å². The molecular weight excluding hydrogens is 497 g/mol. The third-order valence-corrected chi connectivity index (χ3v) is 7.47. The number of halogens is 3. The van der Waals surface area contributed by atoms with Crippen molar-refractivity contribution in [2.45, 2.75) is 37.1 Å². The number of fused-ring (bicyclic) bond motifs is 1. The van der Waals surface area contributed by atoms with Gasteiger partial charge in [0.2, 0.25) is 0 Å². The van der Waals surface area contributed by atoms with E-state index in [2.05, 4.69) is 0 Å². The predicted octanol–water partition coefficient (Wildman–Crippen LogP) is 1.29. The Labute approximate surface area is 188 Å². The minimum Gasteiger partial charge on any atom is -0.424 e. The van der Waals surface area contributed by atoms with Crippen LogP contribution in [0.2, 0.25) is 5.02 Å². The maximum Gasteiger partial charge on any atom is 0.381 e. The summed E-state index contributed by atoms with van der Waals surface area (Å²) in [6, 6.07) is 6.77. The summed E-state index contributed by atoms with van der Waals surface area (Å²) < 4.78 is 50.5. The molecule has 1 fully saturated rings. The van der Waals surface area contributed by atoms with Crippen LogP contribution >= 0.6 is 18.3 Å². The Balaban J connectivity index is 1.60. The first-order valence-corrected chi connectivity index (χ1v) is 12.0. The van der Waals surface area contributed by atoms with Crippen LogP contribution in [0, 0.1) is 0 Å². The van der Waals surface area contributed by atoms with E-state index in [1.165, 1.54) is 0 Å². The van der Waals surface area contributed by atoms with Gasteiger partial charge in [0.25, 0.3) is 12.0 Å². The van der Waals surface area contributed by atoms with Gasteiger partial charge in [0.1, 0.15) is 23.0 Å². The molecule has 2 aromatic rings. The maximum absolute atomic E-state index is 14.1. The van der Waals surface area contributed by atoms with Crippen LogP contribution in [0.15, 0.2) is 40.1 Å². The summed E-state index contributed by atoms with van der Waals surface area (Å²) >= 11 is 10.9. The van der Waals surface area contributed by atoms with Gasteiger partial charge in [-0.15, -0.1) is 0 Å². The number of H-pyrrole nitrogens is 1. The molecule has 1 aromatic heterocycles. The van der Waals surface area contributed by atoms with Gasteiger partial charge in [0, 0.05) is 23.6 Å². The van der Waals surface area contributed by atoms with Crippen molar-refractivity contribution in [3.63, 3.8) is 0 Å². The van der Waals surface area contributed by atoms with Crippen LogP contribution in [0.5, 0.6) is 5.75 Å². The molecule has 5 atom stereocenters. The quantitative estimate of drug-likeness (QED) is 0.507. The van der Waals surface area contributed by atoms with Gasteiger partial charge in [0.15, 0.2) is 11.8 Å². The number of hydrogen-bond donors (Lipinski definition) is 3. The van der Waals surface area contributed by atoms with Crippen molar-refractivity contribution in [2.75, 3.05) is 6.61 Å². The molecule has 15 heteroatoms. The summed E-state index contributed by atoms with van der Waals surface area (Å²) in [6.45, 7) is -4.55. The number of rotatable bonds is 5. The Morgan fingerprint density at radius 3 is 2.81 bits per heavy atom. The second kappa shape index (κ2) is 8.58. The lowest BCUT2D eigenvalue weighted by Gasteiger charge is -2.34. The van der Waals surface area contributed by atoms with Crippen LogP contribution in [0.3, 0.4) is 0 Å². The monoisotopic (exact) mass is 512 g/mol. The van der Waals surface area contributed by atoms with Crippen molar-refractivity contribution in [1.29, 1.82) is 0 Å². The molecule has 2 aliphatic rings. The first-order chi connectivity index (χ1) is 15.1. The number of benzene rings is 1. The minimum absolute atomic E-state index is 0.0229. The summed E-state index contributed by atoms with van der Waals surface area (Å²) in [6.07, 6.45) is -8.59. The van der Waals surface area contributed by atoms with Gasteiger partial charge in [-0.1, -0.05) is 29.8 Å². The Morgan fingerprint density at radius 2 is 2.09 bits per heavy atom. The van der Waals surface area contributed by atoms with E-state index < -0.39 is 60.1 Å². The molecular formula is C17H16ClF2N2O8PS. The third kappa shape index (κ3) is 4.03. The van der Waals surface area contributed by atoms with Crippen molar-refractivity contribution < 1.29 is 37.3 Å². The van der Waals surface area contributed by atoms with Crippen molar-refractivity contribution >= 4 is 30.1 Å². The molecule has 3 N–H and O–H groups in total. The predicted molar refractivity (Wildman–Crippen MR) is 109 cm³/mol. The lowest BCUT2D eigenvalue weighted by atomic mass is 9.96. The topological polar surface area (TPSA) is 132 Å². The molecule has 3 heterocycles. The average molecular weight is 513 g/mol. The first-order valence-electron chi connectivity index (χ1n) is 9.06. The molecule has 1 saturated heterocycles. The van der Waals surface area contributed by atoms with Crippen LogP contribution in [0.25, 0.3) is 0 Å². The zero-order valence-corrected chi connectivity index (χ0v) is 18.4. The summed E-state index contributed by atoms with van der Waals surface area (Å²) in [7, 11) is 0. The molecule has 0 bridgehead atoms. The fraction of sp³-hybridized carbons (Fsp3) is 0.412. The molecule has 32 heavy (non-hydrogen) atoms. The van der Waals surface area contributed by atoms with Crippen molar-refractivity contribution in [3.05, 3.63) is 61.9 Å². The number of aromatic amines is 1. The average Bonchev–Trinajstić information content (AvgIpc) is 3.01. The summed E-state index contributed by atoms with van der Waals surface area (Å²) in [5.74, 6) is 0.369. The Morgan fingerprint density at radius 1 is 1.38 bits per heavy atom. The molecule has 0 aliphatic carbocycles. The number of hydrogen-bond acceptors (Lipinski definition) is 9. The Kier molecular flexibility index (Phi) is 6.29. The van der Waals surface area contributed by atoms with E-state index in [0.29, 0.717) is 15.9 Å². The molecule has 1 unspecified atom stereocenters. The van der Waals surface area contributed by atoms with Gasteiger partial charge in [-0.3, -0.25) is 23.4 Å². The highest BCUT2D eigenvalue weighted by molar-refractivity contribution is 8.07. The van der Waals surface area contributed by atoms with Gasteiger partial charge in [-0.05, 0) is 6.07 Å². The van der Waals surface area contributed by atoms with Crippen molar-refractivity contribution in [1.82, 2.24) is 9.55 Å². The number of aromatic nitrogens is 2. The fourth-order valence-electron chi connectivity index (χ4n) is 3.29. The number of aliphatic hydroxyl groups excluding tert-OH is 2. The summed E-state index contributed by atoms with van der Waals surface area (Å²) in [5, 5.41) is 20.4. The van der Waals surface area contributed by atoms with E-state index in [0.717, 1.165) is 6.20 Å². The van der Waals surface area contributed by atoms with E-state index >= 15 is 0 Å². The van der Waals surface area contributed by atoms with E-state index in [9.17, 15) is 28.6 Å². The molecule has 2 aliphatic heterocycles. The molecule has 10 nitrogen and oxygen atoms in total. The molecule has 0 radical (unpaired) electrons. The molecule has 0 amide bonds. The fourth-order valence-corrected chi connectivity index (χ4v) is 5.26. The minimum atomic E-state index is -3.55. The van der Waals surface area contributed by atoms with Crippen LogP contribution in [-0.4, -0.2) is 50.6 Å². The van der Waals surface area contributed by atoms with Gasteiger partial charge < -0.3 is 19.5 Å². The van der Waals surface area contributed by atoms with Crippen molar-refractivity contribution in [3.8, 4) is 5.75 Å². The zero-order valence-electron chi connectivity index (χ0n) is 15.9. The summed E-state index contributed by atoms with van der Waals surface area (Å²) in [5.41, 5.74) is -4.12. The largest absolute Gasteiger partial charge is 0.424 e. The van der Waals surface area contributed by atoms with Gasteiger partial charge in [-0.25, -0.2) is 13.6 Å². The Hall–Kier alpha value is -1.70. The van der Waals surface area contributed by atoms with E-state index in [1.807, 2.05) is 4.98 Å². The standard InChI is InChI=1S/C17H16ClF2N2O8PS/c18-9-5-22(16(26)21-13(9)25)14-11(23)12(24)17(29-14,15(19)20)7-28-31(32)27-6-8-3-1-2-4-10(8)30-31/h1-5,11-12,14-15,23-24H,6-7H2,(H,21,25,26)/t11-,12-,14+,17+,31?/m0/s1. The number of nitrogens with zero attached hydrogens (tertiary/aromatic N) is 1. The normalized spacial score (nSPS) is 32.0. The number of nitrogens with one attached hydrogen (secondary N) is 1. The van der Waals surface area contributed by atoms with E-state index in [1.54, 1.807) is 24.3 Å². The number of ether oxygens (including phenoxy) is 1. The first kappa shape index (κ1) is 23.5. The molecule has 1 aromatic carbocycles. The lowest BCUT2D eigenvalue weighted by molar-refractivity contribution is -0.193. The maximum atomic E-state index is 14.1. The van der Waals surface area contributed by atoms with Crippen LogP contribution < -0.4 is 15.8 Å². The van der Waals surface area contributed by atoms with Gasteiger partial charge in [0.05, 0.1) is 13.2 Å². The lowest BCUT2D eigenvalue weighted by Crippen LogP contribution is -2.52. The number of aliphatic hydroxyl groups is 2. The number of alkyl halides is 2. The number of para-hydroxylation sites is 1. The SMILES string of the molecule is O=c1[nH]c(=O)n([C@@H]2O[C@@](COP3(=S)OCc4ccccc4O3)(C(F)F)[C@@H](O)[C@@H]2O)cc1Cl. The second-order valence-electron chi connectivity index (χ2n) is 7.04. The summed E-state index contributed by atoms with van der Waals surface area (Å²) in [4.78, 5) is 25.4. The zero-order chi connectivity index (χ0) is 23.3. The van der Waals surface area contributed by atoms with Gasteiger partial charge >= 0.3 is 12.4 Å².